The molecule has 0 spiro atoms. The molecule has 3 N–H and O–H groups in total. The van der Waals surface area contributed by atoms with E-state index in [1.54, 1.807) is 27.9 Å². The molecule has 0 saturated carbocycles. The zero-order valence-corrected chi connectivity index (χ0v) is 24.7. The van der Waals surface area contributed by atoms with Gasteiger partial charge in [0.1, 0.15) is 6.04 Å². The lowest BCUT2D eigenvalue weighted by atomic mass is 9.91. The van der Waals surface area contributed by atoms with Gasteiger partial charge in [-0.15, -0.1) is 12.4 Å². The number of hydrogen-bond donors (Lipinski definition) is 3. The number of carbonyl (C=O) groups is 3. The van der Waals surface area contributed by atoms with E-state index in [2.05, 4.69) is 16.0 Å². The van der Waals surface area contributed by atoms with Gasteiger partial charge in [-0.1, -0.05) is 63.2 Å². The summed E-state index contributed by atoms with van der Waals surface area (Å²) < 4.78 is 5.24. The van der Waals surface area contributed by atoms with Crippen LogP contribution in [-0.2, 0) is 25.5 Å². The summed E-state index contributed by atoms with van der Waals surface area (Å²) in [6, 6.07) is 12.6. The number of carbonyl (C=O) groups excluding carboxylic acids is 3. The second-order valence-electron chi connectivity index (χ2n) is 11.2. The Morgan fingerprint density at radius 3 is 2.46 bits per heavy atom. The van der Waals surface area contributed by atoms with Crippen molar-refractivity contribution in [2.24, 2.45) is 5.41 Å². The van der Waals surface area contributed by atoms with Crippen LogP contribution in [0.3, 0.4) is 0 Å². The van der Waals surface area contributed by atoms with Crippen molar-refractivity contribution in [3.8, 4) is 0 Å². The highest BCUT2D eigenvalue weighted by Crippen LogP contribution is 2.25. The Kier molecular flexibility index (Phi) is 12.8. The Labute approximate surface area is 239 Å². The third-order valence-corrected chi connectivity index (χ3v) is 6.98. The van der Waals surface area contributed by atoms with Crippen LogP contribution in [0.15, 0.2) is 42.5 Å². The van der Waals surface area contributed by atoms with Gasteiger partial charge in [0.15, 0.2) is 0 Å². The smallest absolute Gasteiger partial charge is 0.247 e. The van der Waals surface area contributed by atoms with Crippen molar-refractivity contribution in [2.75, 3.05) is 33.3 Å². The summed E-state index contributed by atoms with van der Waals surface area (Å²) >= 11 is 0. The van der Waals surface area contributed by atoms with Crippen LogP contribution in [0, 0.1) is 5.41 Å². The standard InChI is InChI=1S/C30H44N4O4.ClH/c1-21(38-5)20-31-15-9-17-33-27(35)26(19-22-13-14-23-10-6-7-11-24(23)18-22)34(29(37)30(2,3)4)28(36)25-12-8-16-32-25;/h6-7,10-11,13-14,18,21,25-26,31-32H,8-9,12,15-17,19-20H2,1-5H3,(H,33,35);1H/t21-,25+,26-;/m1./s1. The number of nitrogens with zero attached hydrogens (tertiary/aromatic N) is 1. The van der Waals surface area contributed by atoms with E-state index >= 15 is 0 Å². The minimum absolute atomic E-state index is 0. The minimum atomic E-state index is -0.945. The van der Waals surface area contributed by atoms with Gasteiger partial charge in [0.05, 0.1) is 12.1 Å². The molecule has 3 rings (SSSR count). The molecular formula is C30H45ClN4O4. The molecule has 0 aliphatic carbocycles. The topological polar surface area (TPSA) is 99.8 Å². The van der Waals surface area contributed by atoms with Gasteiger partial charge in [-0.2, -0.15) is 0 Å². The van der Waals surface area contributed by atoms with E-state index < -0.39 is 17.5 Å². The number of methoxy groups -OCH3 is 1. The summed E-state index contributed by atoms with van der Waals surface area (Å²) in [6.07, 6.45) is 2.60. The largest absolute Gasteiger partial charge is 0.380 e. The number of hydrogen-bond acceptors (Lipinski definition) is 6. The Balaban J connectivity index is 0.00000533. The first-order valence-corrected chi connectivity index (χ1v) is 13.7. The molecule has 2 aromatic rings. The first-order chi connectivity index (χ1) is 18.1. The zero-order chi connectivity index (χ0) is 27.7. The lowest BCUT2D eigenvalue weighted by Crippen LogP contribution is -2.59. The van der Waals surface area contributed by atoms with Gasteiger partial charge in [0.25, 0.3) is 0 Å². The fraction of sp³-hybridized carbons (Fsp3) is 0.567. The summed E-state index contributed by atoms with van der Waals surface area (Å²) in [5.74, 6) is -0.974. The lowest BCUT2D eigenvalue weighted by Gasteiger charge is -2.35. The molecular weight excluding hydrogens is 516 g/mol. The van der Waals surface area contributed by atoms with Crippen LogP contribution in [-0.4, -0.2) is 74.1 Å². The number of fused-ring (bicyclic) bond motifs is 1. The number of rotatable bonds is 12. The molecule has 1 saturated heterocycles. The Morgan fingerprint density at radius 2 is 1.82 bits per heavy atom. The lowest BCUT2D eigenvalue weighted by molar-refractivity contribution is -0.157. The van der Waals surface area contributed by atoms with Gasteiger partial charge < -0.3 is 20.7 Å². The van der Waals surface area contributed by atoms with Gasteiger partial charge in [0.2, 0.25) is 17.7 Å². The Bertz CT molecular complexity index is 1100. The predicted octanol–water partition coefficient (Wildman–Crippen LogP) is 3.46. The van der Waals surface area contributed by atoms with Crippen LogP contribution < -0.4 is 16.0 Å². The van der Waals surface area contributed by atoms with Gasteiger partial charge in [-0.3, -0.25) is 19.3 Å². The maximum atomic E-state index is 13.7. The van der Waals surface area contributed by atoms with Gasteiger partial charge >= 0.3 is 0 Å². The van der Waals surface area contributed by atoms with E-state index in [0.29, 0.717) is 13.0 Å². The summed E-state index contributed by atoms with van der Waals surface area (Å²) in [5, 5.41) is 11.7. The summed E-state index contributed by atoms with van der Waals surface area (Å²) in [4.78, 5) is 42.3. The summed E-state index contributed by atoms with van der Waals surface area (Å²) in [7, 11) is 1.68. The van der Waals surface area contributed by atoms with Crippen LogP contribution in [0.1, 0.15) is 52.5 Å². The van der Waals surface area contributed by atoms with E-state index in [4.69, 9.17) is 4.74 Å². The van der Waals surface area contributed by atoms with Gasteiger partial charge in [-0.25, -0.2) is 0 Å². The molecule has 1 fully saturated rings. The number of amides is 3. The third kappa shape index (κ3) is 9.28. The molecule has 0 unspecified atom stereocenters. The van der Waals surface area contributed by atoms with Gasteiger partial charge in [0, 0.05) is 32.0 Å². The zero-order valence-electron chi connectivity index (χ0n) is 23.9. The van der Waals surface area contributed by atoms with Crippen LogP contribution in [0.25, 0.3) is 10.8 Å². The maximum Gasteiger partial charge on any atom is 0.247 e. The van der Waals surface area contributed by atoms with E-state index in [0.717, 1.165) is 48.8 Å². The average molecular weight is 561 g/mol. The molecule has 3 amide bonds. The molecule has 1 heterocycles. The van der Waals surface area contributed by atoms with Crippen molar-refractivity contribution in [1.82, 2.24) is 20.9 Å². The number of halogens is 1. The van der Waals surface area contributed by atoms with Crippen molar-refractivity contribution >= 4 is 40.9 Å². The number of ether oxygens (including phenoxy) is 1. The second-order valence-corrected chi connectivity index (χ2v) is 11.2. The molecule has 2 aromatic carbocycles. The molecule has 3 atom stereocenters. The van der Waals surface area contributed by atoms with E-state index in [9.17, 15) is 14.4 Å². The van der Waals surface area contributed by atoms with Crippen LogP contribution in [0.5, 0.6) is 0 Å². The quantitative estimate of drug-likeness (QED) is 0.344. The van der Waals surface area contributed by atoms with Crippen molar-refractivity contribution < 1.29 is 19.1 Å². The highest BCUT2D eigenvalue weighted by Gasteiger charge is 2.42. The predicted molar refractivity (Wildman–Crippen MR) is 158 cm³/mol. The summed E-state index contributed by atoms with van der Waals surface area (Å²) in [6.45, 7) is 9.97. The summed E-state index contributed by atoms with van der Waals surface area (Å²) in [5.41, 5.74) is 0.0796. The number of nitrogens with one attached hydrogen (secondary N) is 3. The SMILES string of the molecule is CO[C@H](C)CNCCCNC(=O)[C@@H](Cc1ccc2ccccc2c1)N(C(=O)[C@@H]1CCCN1)C(=O)C(C)(C)C.Cl. The Morgan fingerprint density at radius 1 is 1.10 bits per heavy atom. The first kappa shape index (κ1) is 32.7. The van der Waals surface area contributed by atoms with Crippen LogP contribution >= 0.6 is 12.4 Å². The monoisotopic (exact) mass is 560 g/mol. The highest BCUT2D eigenvalue weighted by molar-refractivity contribution is 6.04. The van der Waals surface area contributed by atoms with Crippen molar-refractivity contribution in [1.29, 1.82) is 0 Å². The Hall–Kier alpha value is -2.52. The molecule has 9 heteroatoms. The van der Waals surface area contributed by atoms with Crippen LogP contribution in [0.4, 0.5) is 0 Å². The maximum absolute atomic E-state index is 13.7. The molecule has 8 nitrogen and oxygen atoms in total. The molecule has 0 aromatic heterocycles. The second kappa shape index (κ2) is 15.3. The molecule has 1 aliphatic heterocycles. The molecule has 1 aliphatic rings. The fourth-order valence-electron chi connectivity index (χ4n) is 4.64. The first-order valence-electron chi connectivity index (χ1n) is 13.7. The van der Waals surface area contributed by atoms with Crippen molar-refractivity contribution in [2.45, 2.75) is 71.6 Å². The van der Waals surface area contributed by atoms with Crippen molar-refractivity contribution in [3.05, 3.63) is 48.0 Å². The molecule has 0 radical (unpaired) electrons. The van der Waals surface area contributed by atoms with Gasteiger partial charge in [-0.05, 0) is 55.6 Å². The van der Waals surface area contributed by atoms with Crippen LogP contribution in [0.2, 0.25) is 0 Å². The van der Waals surface area contributed by atoms with E-state index in [1.165, 1.54) is 4.90 Å². The third-order valence-electron chi connectivity index (χ3n) is 6.98. The molecule has 39 heavy (non-hydrogen) atoms. The van der Waals surface area contributed by atoms with Crippen molar-refractivity contribution in [3.63, 3.8) is 0 Å². The number of imide groups is 1. The molecule has 216 valence electrons. The average Bonchev–Trinajstić information content (AvgIpc) is 3.44. The highest BCUT2D eigenvalue weighted by atomic mass is 35.5. The van der Waals surface area contributed by atoms with E-state index in [1.807, 2.05) is 49.4 Å². The molecule has 0 bridgehead atoms. The minimum Gasteiger partial charge on any atom is -0.380 e. The fourth-order valence-corrected chi connectivity index (χ4v) is 4.64. The van der Waals surface area contributed by atoms with E-state index in [-0.39, 0.29) is 42.7 Å². The normalized spacial score (nSPS) is 16.8. The number of benzene rings is 2.